The summed E-state index contributed by atoms with van der Waals surface area (Å²) < 4.78 is 13.3. The molecule has 1 heterocycles. The number of aryl methyl sites for hydroxylation is 1. The predicted octanol–water partition coefficient (Wildman–Crippen LogP) is 4.45. The Labute approximate surface area is 117 Å². The number of benzene rings is 2. The molecule has 0 radical (unpaired) electrons. The maximum absolute atomic E-state index is 13.3. The Kier molecular flexibility index (Phi) is 3.43. The highest BCUT2D eigenvalue weighted by molar-refractivity contribution is 6.31. The van der Waals surface area contributed by atoms with Gasteiger partial charge in [-0.15, -0.1) is 0 Å². The number of para-hydroxylation sites is 1. The van der Waals surface area contributed by atoms with E-state index in [1.54, 1.807) is 6.07 Å². The first kappa shape index (κ1) is 12.5. The lowest BCUT2D eigenvalue weighted by Crippen LogP contribution is -2.27. The minimum absolute atomic E-state index is 0.226. The van der Waals surface area contributed by atoms with E-state index in [1.165, 1.54) is 23.4 Å². The largest absolute Gasteiger partial charge is 0.382 e. The molecule has 2 aromatic rings. The highest BCUT2D eigenvalue weighted by atomic mass is 35.5. The highest BCUT2D eigenvalue weighted by Crippen LogP contribution is 2.27. The SMILES string of the molecule is Fc1ccc(Cl)c(CC2CCc3ccccc3N2)c1. The second-order valence-corrected chi connectivity index (χ2v) is 5.38. The summed E-state index contributed by atoms with van der Waals surface area (Å²) in [6, 6.07) is 13.2. The van der Waals surface area contributed by atoms with E-state index in [2.05, 4.69) is 23.5 Å². The molecule has 0 saturated carbocycles. The molecular weight excluding hydrogens is 261 g/mol. The number of nitrogens with one attached hydrogen (secondary N) is 1. The standard InChI is InChI=1S/C16H15ClFN/c17-15-8-6-13(18)9-12(15)10-14-7-5-11-3-1-2-4-16(11)19-14/h1-4,6,8-9,14,19H,5,7,10H2. The van der Waals surface area contributed by atoms with Crippen LogP contribution in [0.5, 0.6) is 0 Å². The smallest absolute Gasteiger partial charge is 0.123 e. The zero-order valence-electron chi connectivity index (χ0n) is 10.5. The molecule has 1 nitrogen and oxygen atoms in total. The van der Waals surface area contributed by atoms with Crippen LogP contribution in [0.25, 0.3) is 0 Å². The van der Waals surface area contributed by atoms with Crippen LogP contribution in [-0.4, -0.2) is 6.04 Å². The number of anilines is 1. The Hall–Kier alpha value is -1.54. The summed E-state index contributed by atoms with van der Waals surface area (Å²) in [5, 5.41) is 4.15. The van der Waals surface area contributed by atoms with Crippen molar-refractivity contribution in [2.24, 2.45) is 0 Å². The summed E-state index contributed by atoms with van der Waals surface area (Å²) in [6.07, 6.45) is 2.86. The van der Waals surface area contributed by atoms with E-state index in [0.29, 0.717) is 11.1 Å². The first-order valence-corrected chi connectivity index (χ1v) is 6.88. The first-order valence-electron chi connectivity index (χ1n) is 6.51. The Morgan fingerprint density at radius 3 is 2.95 bits per heavy atom. The lowest BCUT2D eigenvalue weighted by atomic mass is 9.94. The molecule has 1 aliphatic rings. The Bertz CT molecular complexity index is 597. The zero-order valence-corrected chi connectivity index (χ0v) is 11.3. The number of fused-ring (bicyclic) bond motifs is 1. The normalized spacial score (nSPS) is 17.7. The van der Waals surface area contributed by atoms with Crippen molar-refractivity contribution in [3.8, 4) is 0 Å². The average molecular weight is 276 g/mol. The predicted molar refractivity (Wildman–Crippen MR) is 77.3 cm³/mol. The molecule has 0 fully saturated rings. The highest BCUT2D eigenvalue weighted by Gasteiger charge is 2.18. The molecule has 0 bridgehead atoms. The van der Waals surface area contributed by atoms with Gasteiger partial charge in [0.1, 0.15) is 5.82 Å². The van der Waals surface area contributed by atoms with Gasteiger partial charge in [-0.3, -0.25) is 0 Å². The van der Waals surface area contributed by atoms with Crippen LogP contribution in [0.1, 0.15) is 17.5 Å². The maximum atomic E-state index is 13.3. The number of hydrogen-bond acceptors (Lipinski definition) is 1. The summed E-state index contributed by atoms with van der Waals surface area (Å²) in [7, 11) is 0. The quantitative estimate of drug-likeness (QED) is 0.854. The monoisotopic (exact) mass is 275 g/mol. The van der Waals surface area contributed by atoms with Crippen LogP contribution in [-0.2, 0) is 12.8 Å². The van der Waals surface area contributed by atoms with Gasteiger partial charge in [0.2, 0.25) is 0 Å². The molecule has 3 rings (SSSR count). The fourth-order valence-electron chi connectivity index (χ4n) is 2.62. The fraction of sp³-hybridized carbons (Fsp3) is 0.250. The third-order valence-corrected chi connectivity index (χ3v) is 3.98. The summed E-state index contributed by atoms with van der Waals surface area (Å²) >= 11 is 6.12. The molecule has 0 spiro atoms. The van der Waals surface area contributed by atoms with Crippen molar-refractivity contribution in [3.05, 3.63) is 64.4 Å². The van der Waals surface area contributed by atoms with Crippen LogP contribution < -0.4 is 5.32 Å². The first-order chi connectivity index (χ1) is 9.22. The molecule has 0 aliphatic carbocycles. The molecule has 0 saturated heterocycles. The third-order valence-electron chi connectivity index (χ3n) is 3.61. The van der Waals surface area contributed by atoms with Crippen molar-refractivity contribution < 1.29 is 4.39 Å². The molecule has 1 atom stereocenters. The van der Waals surface area contributed by atoms with Crippen molar-refractivity contribution in [2.75, 3.05) is 5.32 Å². The van der Waals surface area contributed by atoms with Gasteiger partial charge in [0, 0.05) is 16.8 Å². The maximum Gasteiger partial charge on any atom is 0.123 e. The van der Waals surface area contributed by atoms with Gasteiger partial charge in [-0.1, -0.05) is 29.8 Å². The van der Waals surface area contributed by atoms with Gasteiger partial charge in [-0.2, -0.15) is 0 Å². The molecular formula is C16H15ClFN. The van der Waals surface area contributed by atoms with E-state index in [0.717, 1.165) is 24.8 Å². The topological polar surface area (TPSA) is 12.0 Å². The molecule has 98 valence electrons. The van der Waals surface area contributed by atoms with Crippen molar-refractivity contribution in [1.29, 1.82) is 0 Å². The number of halogens is 2. The lowest BCUT2D eigenvalue weighted by molar-refractivity contribution is 0.609. The summed E-state index contributed by atoms with van der Waals surface area (Å²) in [4.78, 5) is 0. The number of rotatable bonds is 2. The van der Waals surface area contributed by atoms with Crippen molar-refractivity contribution in [1.82, 2.24) is 0 Å². The van der Waals surface area contributed by atoms with E-state index < -0.39 is 0 Å². The molecule has 2 aromatic carbocycles. The van der Waals surface area contributed by atoms with E-state index in [1.807, 2.05) is 6.07 Å². The molecule has 19 heavy (non-hydrogen) atoms. The Morgan fingerprint density at radius 2 is 2.05 bits per heavy atom. The summed E-state index contributed by atoms with van der Waals surface area (Å²) in [5.74, 6) is -0.226. The fourth-order valence-corrected chi connectivity index (χ4v) is 2.81. The average Bonchev–Trinajstić information content (AvgIpc) is 2.43. The molecule has 3 heteroatoms. The van der Waals surface area contributed by atoms with E-state index >= 15 is 0 Å². The third kappa shape index (κ3) is 2.74. The molecule has 0 amide bonds. The van der Waals surface area contributed by atoms with E-state index in [9.17, 15) is 4.39 Å². The van der Waals surface area contributed by atoms with Crippen LogP contribution in [0.3, 0.4) is 0 Å². The minimum Gasteiger partial charge on any atom is -0.382 e. The van der Waals surface area contributed by atoms with Crippen molar-refractivity contribution in [3.63, 3.8) is 0 Å². The lowest BCUT2D eigenvalue weighted by Gasteiger charge is -2.27. The van der Waals surface area contributed by atoms with Gasteiger partial charge in [0.25, 0.3) is 0 Å². The molecule has 1 unspecified atom stereocenters. The van der Waals surface area contributed by atoms with Gasteiger partial charge in [-0.25, -0.2) is 4.39 Å². The van der Waals surface area contributed by atoms with Gasteiger partial charge >= 0.3 is 0 Å². The van der Waals surface area contributed by atoms with Crippen LogP contribution in [0.2, 0.25) is 5.02 Å². The number of hydrogen-bond donors (Lipinski definition) is 1. The molecule has 1 aliphatic heterocycles. The van der Waals surface area contributed by atoms with Gasteiger partial charge in [0.05, 0.1) is 0 Å². The zero-order chi connectivity index (χ0) is 13.2. The van der Waals surface area contributed by atoms with Gasteiger partial charge in [-0.05, 0) is 54.7 Å². The second-order valence-electron chi connectivity index (χ2n) is 4.98. The Morgan fingerprint density at radius 1 is 1.21 bits per heavy atom. The van der Waals surface area contributed by atoms with Gasteiger partial charge in [0.15, 0.2) is 0 Å². The van der Waals surface area contributed by atoms with Crippen LogP contribution in [0.4, 0.5) is 10.1 Å². The summed E-state index contributed by atoms with van der Waals surface area (Å²) in [6.45, 7) is 0. The Balaban J connectivity index is 1.77. The molecule has 0 aromatic heterocycles. The van der Waals surface area contributed by atoms with Crippen LogP contribution in [0.15, 0.2) is 42.5 Å². The van der Waals surface area contributed by atoms with Crippen molar-refractivity contribution in [2.45, 2.75) is 25.3 Å². The van der Waals surface area contributed by atoms with Crippen LogP contribution >= 0.6 is 11.6 Å². The van der Waals surface area contributed by atoms with Crippen molar-refractivity contribution >= 4 is 17.3 Å². The van der Waals surface area contributed by atoms with E-state index in [4.69, 9.17) is 11.6 Å². The van der Waals surface area contributed by atoms with Crippen LogP contribution in [0, 0.1) is 5.82 Å². The summed E-state index contributed by atoms with van der Waals surface area (Å²) in [5.41, 5.74) is 3.41. The van der Waals surface area contributed by atoms with E-state index in [-0.39, 0.29) is 5.82 Å². The second kappa shape index (κ2) is 5.22. The van der Waals surface area contributed by atoms with Gasteiger partial charge < -0.3 is 5.32 Å². The minimum atomic E-state index is -0.226. The molecule has 1 N–H and O–H groups in total.